The van der Waals surface area contributed by atoms with Gasteiger partial charge in [0.05, 0.1) is 0 Å². The summed E-state index contributed by atoms with van der Waals surface area (Å²) in [6.45, 7) is 7.49. The first kappa shape index (κ1) is 11.9. The van der Waals surface area contributed by atoms with Gasteiger partial charge in [0.1, 0.15) is 0 Å². The van der Waals surface area contributed by atoms with Crippen molar-refractivity contribution in [3.8, 4) is 0 Å². The Morgan fingerprint density at radius 3 is 2.81 bits per heavy atom. The Balaban J connectivity index is 1.59. The summed E-state index contributed by atoms with van der Waals surface area (Å²) in [7, 11) is 0. The minimum atomic E-state index is 0.260. The van der Waals surface area contributed by atoms with Crippen LogP contribution in [0.3, 0.4) is 0 Å². The highest BCUT2D eigenvalue weighted by Crippen LogP contribution is 2.51. The Labute approximate surface area is 98.4 Å². The highest BCUT2D eigenvalue weighted by Gasteiger charge is 2.50. The normalized spacial score (nSPS) is 32.1. The fourth-order valence-electron chi connectivity index (χ4n) is 2.61. The molecule has 1 aliphatic carbocycles. The number of hydrogen-bond acceptors (Lipinski definition) is 2. The van der Waals surface area contributed by atoms with E-state index in [2.05, 4.69) is 24.5 Å². The van der Waals surface area contributed by atoms with Gasteiger partial charge in [-0.05, 0) is 50.1 Å². The zero-order valence-electron chi connectivity index (χ0n) is 10.5. The van der Waals surface area contributed by atoms with E-state index in [4.69, 9.17) is 0 Å². The number of carbonyl (C=O) groups is 1. The lowest BCUT2D eigenvalue weighted by Crippen LogP contribution is -2.34. The number of piperidine rings is 1. The van der Waals surface area contributed by atoms with Crippen LogP contribution in [0.5, 0.6) is 0 Å². The molecule has 2 atom stereocenters. The number of carbonyl (C=O) groups excluding carboxylic acids is 1. The molecule has 0 aromatic carbocycles. The van der Waals surface area contributed by atoms with E-state index in [0.717, 1.165) is 31.8 Å². The lowest BCUT2D eigenvalue weighted by atomic mass is 9.96. The molecule has 1 saturated carbocycles. The Hall–Kier alpha value is -0.570. The second kappa shape index (κ2) is 4.74. The Morgan fingerprint density at radius 2 is 2.25 bits per heavy atom. The molecule has 0 bridgehead atoms. The monoisotopic (exact) mass is 224 g/mol. The van der Waals surface area contributed by atoms with E-state index in [9.17, 15) is 4.79 Å². The summed E-state index contributed by atoms with van der Waals surface area (Å²) < 4.78 is 0. The highest BCUT2D eigenvalue weighted by molar-refractivity contribution is 5.82. The van der Waals surface area contributed by atoms with Crippen LogP contribution < -0.4 is 10.6 Å². The molecule has 3 heteroatoms. The molecule has 1 aliphatic heterocycles. The Bertz CT molecular complexity index is 257. The second-order valence-electron chi connectivity index (χ2n) is 6.04. The fraction of sp³-hybridized carbons (Fsp3) is 0.923. The molecular formula is C13H24N2O. The molecule has 0 aromatic heterocycles. The van der Waals surface area contributed by atoms with Gasteiger partial charge in [0.25, 0.3) is 0 Å². The van der Waals surface area contributed by atoms with Crippen LogP contribution in [0.1, 0.15) is 39.5 Å². The quantitative estimate of drug-likeness (QED) is 0.760. The smallest absolute Gasteiger partial charge is 0.223 e. The summed E-state index contributed by atoms with van der Waals surface area (Å²) >= 11 is 0. The lowest BCUT2D eigenvalue weighted by molar-refractivity contribution is -0.123. The molecule has 0 radical (unpaired) electrons. The van der Waals surface area contributed by atoms with E-state index in [1.165, 1.54) is 19.4 Å². The van der Waals surface area contributed by atoms with E-state index in [-0.39, 0.29) is 17.2 Å². The molecule has 2 N–H and O–H groups in total. The zero-order chi connectivity index (χ0) is 11.6. The minimum Gasteiger partial charge on any atom is -0.356 e. The van der Waals surface area contributed by atoms with Gasteiger partial charge in [-0.25, -0.2) is 0 Å². The highest BCUT2D eigenvalue weighted by atomic mass is 16.2. The third-order valence-electron chi connectivity index (χ3n) is 4.08. The topological polar surface area (TPSA) is 41.1 Å². The maximum Gasteiger partial charge on any atom is 0.223 e. The van der Waals surface area contributed by atoms with Gasteiger partial charge in [0.15, 0.2) is 0 Å². The number of amides is 1. The van der Waals surface area contributed by atoms with Gasteiger partial charge in [0.2, 0.25) is 5.91 Å². The Kier molecular flexibility index (Phi) is 3.53. The van der Waals surface area contributed by atoms with Gasteiger partial charge in [-0.2, -0.15) is 0 Å². The van der Waals surface area contributed by atoms with Gasteiger partial charge >= 0.3 is 0 Å². The summed E-state index contributed by atoms with van der Waals surface area (Å²) in [6, 6.07) is 0. The van der Waals surface area contributed by atoms with Gasteiger partial charge < -0.3 is 10.6 Å². The van der Waals surface area contributed by atoms with Crippen LogP contribution in [0, 0.1) is 17.3 Å². The van der Waals surface area contributed by atoms with Gasteiger partial charge in [-0.3, -0.25) is 4.79 Å². The maximum atomic E-state index is 11.7. The summed E-state index contributed by atoms with van der Waals surface area (Å²) in [5, 5.41) is 6.49. The molecule has 2 unspecified atom stereocenters. The summed E-state index contributed by atoms with van der Waals surface area (Å²) in [4.78, 5) is 11.7. The molecule has 92 valence electrons. The van der Waals surface area contributed by atoms with Crippen LogP contribution in [0.25, 0.3) is 0 Å². The third-order valence-corrected chi connectivity index (χ3v) is 4.08. The predicted octanol–water partition coefficient (Wildman–Crippen LogP) is 1.54. The molecule has 2 aliphatic rings. The van der Waals surface area contributed by atoms with Crippen molar-refractivity contribution in [3.05, 3.63) is 0 Å². The number of rotatable bonds is 4. The SMILES string of the molecule is CC1(C)CC1C(=O)NCCC1CCCNC1. The molecule has 1 saturated heterocycles. The zero-order valence-corrected chi connectivity index (χ0v) is 10.5. The number of nitrogens with one attached hydrogen (secondary N) is 2. The molecular weight excluding hydrogens is 200 g/mol. The Morgan fingerprint density at radius 1 is 1.50 bits per heavy atom. The average Bonchev–Trinajstić information content (AvgIpc) is 2.89. The second-order valence-corrected chi connectivity index (χ2v) is 6.04. The maximum absolute atomic E-state index is 11.7. The van der Waals surface area contributed by atoms with E-state index in [1.54, 1.807) is 0 Å². The molecule has 3 nitrogen and oxygen atoms in total. The molecule has 1 amide bonds. The van der Waals surface area contributed by atoms with E-state index in [0.29, 0.717) is 0 Å². The fourth-order valence-corrected chi connectivity index (χ4v) is 2.61. The molecule has 2 rings (SSSR count). The van der Waals surface area contributed by atoms with Crippen molar-refractivity contribution in [2.24, 2.45) is 17.3 Å². The van der Waals surface area contributed by atoms with Crippen LogP contribution in [-0.4, -0.2) is 25.5 Å². The summed E-state index contributed by atoms with van der Waals surface area (Å²) in [5.74, 6) is 1.31. The van der Waals surface area contributed by atoms with Crippen LogP contribution in [0.15, 0.2) is 0 Å². The first-order valence-corrected chi connectivity index (χ1v) is 6.58. The summed E-state index contributed by atoms with van der Waals surface area (Å²) in [6.07, 6.45) is 4.79. The third kappa shape index (κ3) is 2.97. The van der Waals surface area contributed by atoms with Crippen LogP contribution in [0.2, 0.25) is 0 Å². The molecule has 0 aromatic rings. The van der Waals surface area contributed by atoms with Crippen LogP contribution in [-0.2, 0) is 4.79 Å². The van der Waals surface area contributed by atoms with Crippen molar-refractivity contribution >= 4 is 5.91 Å². The van der Waals surface area contributed by atoms with Crippen LogP contribution in [0.4, 0.5) is 0 Å². The van der Waals surface area contributed by atoms with E-state index >= 15 is 0 Å². The van der Waals surface area contributed by atoms with Crippen molar-refractivity contribution in [1.29, 1.82) is 0 Å². The predicted molar refractivity (Wildman–Crippen MR) is 65.1 cm³/mol. The average molecular weight is 224 g/mol. The van der Waals surface area contributed by atoms with Gasteiger partial charge in [-0.1, -0.05) is 13.8 Å². The molecule has 1 heterocycles. The number of hydrogen-bond donors (Lipinski definition) is 2. The van der Waals surface area contributed by atoms with Gasteiger partial charge in [0, 0.05) is 12.5 Å². The van der Waals surface area contributed by atoms with E-state index in [1.807, 2.05) is 0 Å². The summed E-state index contributed by atoms with van der Waals surface area (Å²) in [5.41, 5.74) is 0.260. The molecule has 0 spiro atoms. The van der Waals surface area contributed by atoms with Crippen LogP contribution >= 0.6 is 0 Å². The standard InChI is InChI=1S/C13H24N2O/c1-13(2)8-11(13)12(16)15-7-5-10-4-3-6-14-9-10/h10-11,14H,3-9H2,1-2H3,(H,15,16). The molecule has 16 heavy (non-hydrogen) atoms. The van der Waals surface area contributed by atoms with Crippen molar-refractivity contribution in [2.45, 2.75) is 39.5 Å². The van der Waals surface area contributed by atoms with Crippen molar-refractivity contribution < 1.29 is 4.79 Å². The molecule has 2 fully saturated rings. The lowest BCUT2D eigenvalue weighted by Gasteiger charge is -2.22. The van der Waals surface area contributed by atoms with E-state index < -0.39 is 0 Å². The first-order chi connectivity index (χ1) is 7.59. The first-order valence-electron chi connectivity index (χ1n) is 6.58. The van der Waals surface area contributed by atoms with Crippen molar-refractivity contribution in [2.75, 3.05) is 19.6 Å². The minimum absolute atomic E-state index is 0.260. The largest absolute Gasteiger partial charge is 0.356 e. The van der Waals surface area contributed by atoms with Crippen molar-refractivity contribution in [3.63, 3.8) is 0 Å². The van der Waals surface area contributed by atoms with Gasteiger partial charge in [-0.15, -0.1) is 0 Å². The van der Waals surface area contributed by atoms with Crippen molar-refractivity contribution in [1.82, 2.24) is 10.6 Å².